The van der Waals surface area contributed by atoms with Gasteiger partial charge in [-0.3, -0.25) is 14.9 Å². The van der Waals surface area contributed by atoms with E-state index in [1.165, 1.54) is 0 Å². The van der Waals surface area contributed by atoms with E-state index in [1.54, 1.807) is 12.3 Å². The fraction of sp³-hybridized carbons (Fsp3) is 0.533. The second-order valence-electron chi connectivity index (χ2n) is 5.85. The maximum absolute atomic E-state index is 12.0. The van der Waals surface area contributed by atoms with E-state index in [0.29, 0.717) is 25.8 Å². The number of nitrogens with one attached hydrogen (secondary N) is 3. The van der Waals surface area contributed by atoms with Crippen molar-refractivity contribution in [2.24, 2.45) is 5.92 Å². The topological polar surface area (TPSA) is 100 Å². The van der Waals surface area contributed by atoms with Crippen LogP contribution in [0, 0.1) is 5.92 Å². The number of amides is 4. The summed E-state index contributed by atoms with van der Waals surface area (Å²) in [7, 11) is 0. The van der Waals surface area contributed by atoms with Crippen LogP contribution in [0.5, 0.6) is 0 Å². The molecule has 2 atom stereocenters. The van der Waals surface area contributed by atoms with Gasteiger partial charge in [-0.25, -0.2) is 4.79 Å². The third kappa shape index (κ3) is 2.70. The Labute approximate surface area is 127 Å². The van der Waals surface area contributed by atoms with Gasteiger partial charge in [0.2, 0.25) is 5.91 Å². The summed E-state index contributed by atoms with van der Waals surface area (Å²) in [6.07, 6.45) is 4.76. The minimum absolute atomic E-state index is 0.0634. The van der Waals surface area contributed by atoms with Crippen molar-refractivity contribution in [2.75, 3.05) is 6.54 Å². The molecule has 1 spiro atoms. The van der Waals surface area contributed by atoms with Gasteiger partial charge in [-0.05, 0) is 25.0 Å². The molecule has 1 aromatic rings. The van der Waals surface area contributed by atoms with Crippen LogP contribution in [-0.4, -0.2) is 29.9 Å². The molecule has 7 heteroatoms. The van der Waals surface area contributed by atoms with Gasteiger partial charge in [-0.2, -0.15) is 0 Å². The van der Waals surface area contributed by atoms with Crippen molar-refractivity contribution in [3.63, 3.8) is 0 Å². The van der Waals surface area contributed by atoms with Crippen molar-refractivity contribution in [3.05, 3.63) is 24.2 Å². The Hall–Kier alpha value is -2.31. The van der Waals surface area contributed by atoms with Crippen LogP contribution in [0.3, 0.4) is 0 Å². The van der Waals surface area contributed by atoms with E-state index < -0.39 is 11.6 Å². The molecular weight excluding hydrogens is 286 g/mol. The van der Waals surface area contributed by atoms with Crippen molar-refractivity contribution >= 4 is 17.8 Å². The standard InChI is InChI=1S/C15H19N3O4/c19-12(6-5-11-4-2-8-22-11)16-9-10-3-1-7-15(10)13(20)17-14(21)18-15/h2,4,8,10H,1,3,5-7,9H2,(H,16,19)(H2,17,18,20,21). The zero-order valence-electron chi connectivity index (χ0n) is 12.2. The van der Waals surface area contributed by atoms with Gasteiger partial charge in [-0.15, -0.1) is 0 Å². The Balaban J connectivity index is 1.51. The minimum atomic E-state index is -0.842. The van der Waals surface area contributed by atoms with Gasteiger partial charge in [0, 0.05) is 25.3 Å². The van der Waals surface area contributed by atoms with E-state index in [1.807, 2.05) is 6.07 Å². The zero-order chi connectivity index (χ0) is 15.6. The van der Waals surface area contributed by atoms with E-state index in [4.69, 9.17) is 4.42 Å². The minimum Gasteiger partial charge on any atom is -0.469 e. The van der Waals surface area contributed by atoms with E-state index in [0.717, 1.165) is 18.6 Å². The number of imide groups is 1. The van der Waals surface area contributed by atoms with E-state index in [-0.39, 0.29) is 17.7 Å². The first kappa shape index (κ1) is 14.6. The first-order valence-electron chi connectivity index (χ1n) is 7.53. The smallest absolute Gasteiger partial charge is 0.322 e. The summed E-state index contributed by atoms with van der Waals surface area (Å²) in [4.78, 5) is 35.3. The third-order valence-electron chi connectivity index (χ3n) is 4.51. The fourth-order valence-electron chi connectivity index (χ4n) is 3.34. The first-order chi connectivity index (χ1) is 10.6. The third-order valence-corrected chi connectivity index (χ3v) is 4.51. The summed E-state index contributed by atoms with van der Waals surface area (Å²) in [5, 5.41) is 7.90. The van der Waals surface area contributed by atoms with Gasteiger partial charge in [0.05, 0.1) is 6.26 Å². The average Bonchev–Trinajstić information content (AvgIpc) is 3.18. The normalized spacial score (nSPS) is 27.0. The predicted molar refractivity (Wildman–Crippen MR) is 76.8 cm³/mol. The Morgan fingerprint density at radius 3 is 3.00 bits per heavy atom. The summed E-state index contributed by atoms with van der Waals surface area (Å²) in [6, 6.07) is 3.18. The van der Waals surface area contributed by atoms with Crippen LogP contribution in [0.25, 0.3) is 0 Å². The number of aryl methyl sites for hydroxylation is 1. The second-order valence-corrected chi connectivity index (χ2v) is 5.85. The second kappa shape index (κ2) is 5.82. The van der Waals surface area contributed by atoms with Crippen LogP contribution < -0.4 is 16.0 Å². The highest BCUT2D eigenvalue weighted by Gasteiger charge is 2.54. The quantitative estimate of drug-likeness (QED) is 0.697. The lowest BCUT2D eigenvalue weighted by Gasteiger charge is -2.28. The van der Waals surface area contributed by atoms with Gasteiger partial charge in [-0.1, -0.05) is 6.42 Å². The van der Waals surface area contributed by atoms with Crippen molar-refractivity contribution in [2.45, 2.75) is 37.6 Å². The number of rotatable bonds is 5. The SMILES string of the molecule is O=C(CCc1ccco1)NCC1CCCC12NC(=O)NC2=O. The maximum atomic E-state index is 12.0. The molecule has 1 aliphatic heterocycles. The Morgan fingerprint density at radius 2 is 2.32 bits per heavy atom. The highest BCUT2D eigenvalue weighted by Crippen LogP contribution is 2.37. The van der Waals surface area contributed by atoms with Crippen molar-refractivity contribution < 1.29 is 18.8 Å². The number of hydrogen-bond acceptors (Lipinski definition) is 4. The molecule has 3 N–H and O–H groups in total. The molecule has 0 aromatic carbocycles. The van der Waals surface area contributed by atoms with Gasteiger partial charge in [0.1, 0.15) is 11.3 Å². The first-order valence-corrected chi connectivity index (χ1v) is 7.53. The largest absolute Gasteiger partial charge is 0.469 e. The molecular formula is C15H19N3O4. The van der Waals surface area contributed by atoms with Crippen LogP contribution >= 0.6 is 0 Å². The van der Waals surface area contributed by atoms with Crippen LogP contribution in [0.2, 0.25) is 0 Å². The highest BCUT2D eigenvalue weighted by atomic mass is 16.3. The summed E-state index contributed by atoms with van der Waals surface area (Å²) in [5.74, 6) is 0.356. The Kier molecular flexibility index (Phi) is 3.87. The molecule has 1 aromatic heterocycles. The van der Waals surface area contributed by atoms with Crippen LogP contribution in [0.1, 0.15) is 31.4 Å². The summed E-state index contributed by atoms with van der Waals surface area (Å²) < 4.78 is 5.18. The molecule has 1 saturated carbocycles. The fourth-order valence-corrected chi connectivity index (χ4v) is 3.34. The van der Waals surface area contributed by atoms with Gasteiger partial charge >= 0.3 is 6.03 Å². The number of carbonyl (C=O) groups excluding carboxylic acids is 3. The molecule has 118 valence electrons. The monoisotopic (exact) mass is 305 g/mol. The van der Waals surface area contributed by atoms with Crippen molar-refractivity contribution in [1.29, 1.82) is 0 Å². The number of hydrogen-bond donors (Lipinski definition) is 3. The maximum Gasteiger partial charge on any atom is 0.322 e. The zero-order valence-corrected chi connectivity index (χ0v) is 12.2. The molecule has 0 radical (unpaired) electrons. The average molecular weight is 305 g/mol. The molecule has 1 aliphatic carbocycles. The molecule has 2 unspecified atom stereocenters. The molecule has 1 saturated heterocycles. The van der Waals surface area contributed by atoms with Crippen LogP contribution in [-0.2, 0) is 16.0 Å². The van der Waals surface area contributed by atoms with Gasteiger partial charge in [0.25, 0.3) is 5.91 Å². The summed E-state index contributed by atoms with van der Waals surface area (Å²) in [5.41, 5.74) is -0.842. The Morgan fingerprint density at radius 1 is 1.45 bits per heavy atom. The molecule has 0 bridgehead atoms. The highest BCUT2D eigenvalue weighted by molar-refractivity contribution is 6.07. The molecule has 3 rings (SSSR count). The summed E-state index contributed by atoms with van der Waals surface area (Å²) in [6.45, 7) is 0.394. The Bertz CT molecular complexity index is 584. The molecule has 2 heterocycles. The summed E-state index contributed by atoms with van der Waals surface area (Å²) >= 11 is 0. The number of furan rings is 1. The molecule has 2 fully saturated rings. The number of urea groups is 1. The molecule has 4 amide bonds. The van der Waals surface area contributed by atoms with Gasteiger partial charge < -0.3 is 15.1 Å². The molecule has 22 heavy (non-hydrogen) atoms. The van der Waals surface area contributed by atoms with Crippen LogP contribution in [0.15, 0.2) is 22.8 Å². The number of carbonyl (C=O) groups is 3. The lowest BCUT2D eigenvalue weighted by Crippen LogP contribution is -2.53. The van der Waals surface area contributed by atoms with E-state index >= 15 is 0 Å². The van der Waals surface area contributed by atoms with Crippen molar-refractivity contribution in [3.8, 4) is 0 Å². The van der Waals surface area contributed by atoms with E-state index in [2.05, 4.69) is 16.0 Å². The van der Waals surface area contributed by atoms with E-state index in [9.17, 15) is 14.4 Å². The van der Waals surface area contributed by atoms with Gasteiger partial charge in [0.15, 0.2) is 0 Å². The predicted octanol–water partition coefficient (Wildman–Crippen LogP) is 0.707. The van der Waals surface area contributed by atoms with Crippen molar-refractivity contribution in [1.82, 2.24) is 16.0 Å². The molecule has 7 nitrogen and oxygen atoms in total. The lowest BCUT2D eigenvalue weighted by atomic mass is 9.87. The lowest BCUT2D eigenvalue weighted by molar-refractivity contribution is -0.126. The molecule has 2 aliphatic rings. The van der Waals surface area contributed by atoms with Crippen LogP contribution in [0.4, 0.5) is 4.79 Å².